The van der Waals surface area contributed by atoms with Gasteiger partial charge in [0.15, 0.2) is 0 Å². The van der Waals surface area contributed by atoms with Crippen molar-refractivity contribution >= 4 is 17.4 Å². The maximum Gasteiger partial charge on any atom is 0.251 e. The zero-order valence-corrected chi connectivity index (χ0v) is 16.3. The fourth-order valence-corrected chi connectivity index (χ4v) is 3.79. The van der Waals surface area contributed by atoms with Gasteiger partial charge in [-0.1, -0.05) is 12.1 Å². The summed E-state index contributed by atoms with van der Waals surface area (Å²) in [5, 5.41) is 16.6. The standard InChI is InChI=1S/C22H25N5O2/c1-15-5-6-21(24-12-15)25-18-4-2-3-17(11-18)22(29)26-19-9-16(10-20(19)28)13-27-8-7-23-14-27/h2-8,11-12,14,16,19-20,28H,9-10,13H2,1H3,(H,24,25)(H,26,29)/t16?,19-,20-/m1/s1. The van der Waals surface area contributed by atoms with Crippen molar-refractivity contribution in [2.75, 3.05) is 5.32 Å². The number of hydrogen-bond donors (Lipinski definition) is 3. The summed E-state index contributed by atoms with van der Waals surface area (Å²) in [6.07, 6.45) is 8.11. The van der Waals surface area contributed by atoms with Crippen LogP contribution < -0.4 is 10.6 Å². The van der Waals surface area contributed by atoms with E-state index in [1.54, 1.807) is 30.9 Å². The van der Waals surface area contributed by atoms with Crippen LogP contribution in [0.25, 0.3) is 0 Å². The number of carbonyl (C=O) groups is 1. The monoisotopic (exact) mass is 391 g/mol. The van der Waals surface area contributed by atoms with Crippen molar-refractivity contribution in [3.8, 4) is 0 Å². The quantitative estimate of drug-likeness (QED) is 0.601. The fourth-order valence-electron chi connectivity index (χ4n) is 3.79. The Labute approximate surface area is 169 Å². The number of rotatable bonds is 6. The second kappa shape index (κ2) is 8.45. The molecule has 3 aromatic rings. The molecule has 0 aliphatic heterocycles. The van der Waals surface area contributed by atoms with Gasteiger partial charge in [0.2, 0.25) is 0 Å². The zero-order valence-electron chi connectivity index (χ0n) is 16.3. The van der Waals surface area contributed by atoms with Crippen LogP contribution >= 0.6 is 0 Å². The minimum atomic E-state index is -0.537. The number of hydrogen-bond acceptors (Lipinski definition) is 5. The molecular formula is C22H25N5O2. The molecular weight excluding hydrogens is 366 g/mol. The number of benzene rings is 1. The van der Waals surface area contributed by atoms with Crippen molar-refractivity contribution in [2.45, 2.75) is 38.5 Å². The van der Waals surface area contributed by atoms with Gasteiger partial charge in [-0.3, -0.25) is 4.79 Å². The third kappa shape index (κ3) is 4.81. The van der Waals surface area contributed by atoms with E-state index in [-0.39, 0.29) is 11.9 Å². The molecule has 2 heterocycles. The van der Waals surface area contributed by atoms with E-state index in [4.69, 9.17) is 0 Å². The van der Waals surface area contributed by atoms with Crippen molar-refractivity contribution in [1.29, 1.82) is 0 Å². The average molecular weight is 391 g/mol. The topological polar surface area (TPSA) is 92.1 Å². The van der Waals surface area contributed by atoms with Crippen molar-refractivity contribution < 1.29 is 9.90 Å². The lowest BCUT2D eigenvalue weighted by Crippen LogP contribution is -2.39. The van der Waals surface area contributed by atoms with Gasteiger partial charge in [-0.15, -0.1) is 0 Å². The van der Waals surface area contributed by atoms with E-state index < -0.39 is 6.10 Å². The summed E-state index contributed by atoms with van der Waals surface area (Å²) in [5.74, 6) is 0.852. The molecule has 0 spiro atoms. The highest BCUT2D eigenvalue weighted by Gasteiger charge is 2.34. The van der Waals surface area contributed by atoms with Crippen LogP contribution in [-0.2, 0) is 6.54 Å². The SMILES string of the molecule is Cc1ccc(Nc2cccc(C(=O)N[C@@H]3CC(Cn4ccnc4)C[C@H]3O)c2)nc1. The number of aliphatic hydroxyl groups is 1. The molecule has 7 nitrogen and oxygen atoms in total. The highest BCUT2D eigenvalue weighted by atomic mass is 16.3. The predicted molar refractivity (Wildman–Crippen MR) is 111 cm³/mol. The Morgan fingerprint density at radius 2 is 2.17 bits per heavy atom. The number of aryl methyl sites for hydroxylation is 1. The number of anilines is 2. The molecule has 7 heteroatoms. The van der Waals surface area contributed by atoms with E-state index in [1.807, 2.05) is 42.0 Å². The Kier molecular flexibility index (Phi) is 5.57. The molecule has 150 valence electrons. The van der Waals surface area contributed by atoms with E-state index in [2.05, 4.69) is 20.6 Å². The van der Waals surface area contributed by atoms with Crippen molar-refractivity contribution in [3.05, 3.63) is 72.4 Å². The molecule has 3 atom stereocenters. The lowest BCUT2D eigenvalue weighted by molar-refractivity contribution is 0.0873. The van der Waals surface area contributed by atoms with E-state index in [0.717, 1.165) is 30.0 Å². The first-order valence-corrected chi connectivity index (χ1v) is 9.81. The molecule has 1 aliphatic carbocycles. The minimum Gasteiger partial charge on any atom is -0.391 e. The van der Waals surface area contributed by atoms with Gasteiger partial charge in [-0.25, -0.2) is 9.97 Å². The largest absolute Gasteiger partial charge is 0.391 e. The minimum absolute atomic E-state index is 0.183. The lowest BCUT2D eigenvalue weighted by Gasteiger charge is -2.17. The zero-order chi connectivity index (χ0) is 20.2. The normalized spacial score (nSPS) is 21.1. The smallest absolute Gasteiger partial charge is 0.251 e. The van der Waals surface area contributed by atoms with Gasteiger partial charge in [0, 0.05) is 36.4 Å². The van der Waals surface area contributed by atoms with Crippen LogP contribution in [0.4, 0.5) is 11.5 Å². The molecule has 1 fully saturated rings. The van der Waals surface area contributed by atoms with Gasteiger partial charge < -0.3 is 20.3 Å². The Bertz CT molecular complexity index is 956. The number of imidazole rings is 1. The molecule has 0 radical (unpaired) electrons. The molecule has 1 unspecified atom stereocenters. The average Bonchev–Trinajstić information content (AvgIpc) is 3.34. The van der Waals surface area contributed by atoms with Gasteiger partial charge in [0.05, 0.1) is 18.5 Å². The molecule has 1 amide bonds. The van der Waals surface area contributed by atoms with Gasteiger partial charge in [-0.05, 0) is 55.5 Å². The summed E-state index contributed by atoms with van der Waals surface area (Å²) < 4.78 is 2.01. The molecule has 1 aromatic carbocycles. The van der Waals surface area contributed by atoms with Crippen molar-refractivity contribution in [2.24, 2.45) is 5.92 Å². The number of amides is 1. The highest BCUT2D eigenvalue weighted by Crippen LogP contribution is 2.28. The molecule has 29 heavy (non-hydrogen) atoms. The summed E-state index contributed by atoms with van der Waals surface area (Å²) in [6, 6.07) is 10.9. The Hall–Kier alpha value is -3.19. The van der Waals surface area contributed by atoms with Crippen LogP contribution in [0.1, 0.15) is 28.8 Å². The van der Waals surface area contributed by atoms with E-state index >= 15 is 0 Å². The Balaban J connectivity index is 1.37. The molecule has 0 saturated heterocycles. The first-order chi connectivity index (χ1) is 14.1. The number of pyridine rings is 1. The number of carbonyl (C=O) groups excluding carboxylic acids is 1. The van der Waals surface area contributed by atoms with Crippen molar-refractivity contribution in [1.82, 2.24) is 19.9 Å². The molecule has 3 N–H and O–H groups in total. The van der Waals surface area contributed by atoms with Crippen LogP contribution in [0, 0.1) is 12.8 Å². The number of nitrogens with one attached hydrogen (secondary N) is 2. The first kappa shape index (κ1) is 19.1. The van der Waals surface area contributed by atoms with E-state index in [1.165, 1.54) is 0 Å². The molecule has 0 bridgehead atoms. The van der Waals surface area contributed by atoms with Crippen LogP contribution in [0.3, 0.4) is 0 Å². The summed E-state index contributed by atoms with van der Waals surface area (Å²) in [6.45, 7) is 2.78. The number of aliphatic hydroxyl groups excluding tert-OH is 1. The van der Waals surface area contributed by atoms with Crippen LogP contribution in [0.5, 0.6) is 0 Å². The third-order valence-electron chi connectivity index (χ3n) is 5.28. The third-order valence-corrected chi connectivity index (χ3v) is 5.28. The summed E-state index contributed by atoms with van der Waals surface area (Å²) in [5.41, 5.74) is 2.43. The molecule has 4 rings (SSSR count). The summed E-state index contributed by atoms with van der Waals surface area (Å²) >= 11 is 0. The second-order valence-corrected chi connectivity index (χ2v) is 7.67. The van der Waals surface area contributed by atoms with E-state index in [9.17, 15) is 9.90 Å². The van der Waals surface area contributed by atoms with Gasteiger partial charge in [-0.2, -0.15) is 0 Å². The number of aromatic nitrogens is 3. The first-order valence-electron chi connectivity index (χ1n) is 9.81. The lowest BCUT2D eigenvalue weighted by atomic mass is 10.1. The van der Waals surface area contributed by atoms with Crippen LogP contribution in [0.2, 0.25) is 0 Å². The van der Waals surface area contributed by atoms with Gasteiger partial charge in [0.25, 0.3) is 5.91 Å². The Morgan fingerprint density at radius 1 is 1.28 bits per heavy atom. The second-order valence-electron chi connectivity index (χ2n) is 7.67. The maximum atomic E-state index is 12.7. The molecule has 2 aromatic heterocycles. The summed E-state index contributed by atoms with van der Waals surface area (Å²) in [4.78, 5) is 21.1. The van der Waals surface area contributed by atoms with Crippen molar-refractivity contribution in [3.63, 3.8) is 0 Å². The van der Waals surface area contributed by atoms with Gasteiger partial charge >= 0.3 is 0 Å². The van der Waals surface area contributed by atoms with E-state index in [0.29, 0.717) is 17.9 Å². The number of nitrogens with zero attached hydrogens (tertiary/aromatic N) is 3. The molecule has 1 aliphatic rings. The van der Waals surface area contributed by atoms with Crippen LogP contribution in [0.15, 0.2) is 61.3 Å². The Morgan fingerprint density at radius 3 is 2.93 bits per heavy atom. The summed E-state index contributed by atoms with van der Waals surface area (Å²) in [7, 11) is 0. The van der Waals surface area contributed by atoms with Gasteiger partial charge in [0.1, 0.15) is 5.82 Å². The predicted octanol–water partition coefficient (Wildman–Crippen LogP) is 2.90. The fraction of sp³-hybridized carbons (Fsp3) is 0.318. The highest BCUT2D eigenvalue weighted by molar-refractivity contribution is 5.95. The van der Waals surface area contributed by atoms with Crippen LogP contribution in [-0.4, -0.2) is 37.7 Å². The molecule has 1 saturated carbocycles. The maximum absolute atomic E-state index is 12.7.